The first-order valence-corrected chi connectivity index (χ1v) is 7.98. The highest BCUT2D eigenvalue weighted by Crippen LogP contribution is 2.25. The summed E-state index contributed by atoms with van der Waals surface area (Å²) in [6.45, 7) is 4.30. The van der Waals surface area contributed by atoms with Crippen LogP contribution >= 0.6 is 0 Å². The van der Waals surface area contributed by atoms with Gasteiger partial charge in [-0.2, -0.15) is 0 Å². The zero-order chi connectivity index (χ0) is 18.6. The molecule has 1 atom stereocenters. The van der Waals surface area contributed by atoms with Gasteiger partial charge in [0.15, 0.2) is 0 Å². The van der Waals surface area contributed by atoms with Crippen molar-refractivity contribution in [3.8, 4) is 0 Å². The SMILES string of the molecule is Cc1ccc(NC(=O)CC(C(=O)O)N2CCN(C)CC2)c([N+](=O)[O-])c1. The molecule has 0 spiro atoms. The number of carbonyl (C=O) groups is 2. The normalized spacial score (nSPS) is 17.0. The Labute approximate surface area is 145 Å². The molecule has 0 saturated carbocycles. The molecule has 25 heavy (non-hydrogen) atoms. The molecule has 0 bridgehead atoms. The Bertz CT molecular complexity index is 670. The van der Waals surface area contributed by atoms with E-state index in [0.717, 1.165) is 13.1 Å². The Hall–Kier alpha value is -2.52. The van der Waals surface area contributed by atoms with Gasteiger partial charge in [0.25, 0.3) is 5.69 Å². The molecule has 0 aromatic heterocycles. The highest BCUT2D eigenvalue weighted by molar-refractivity contribution is 5.95. The molecule has 9 heteroatoms. The van der Waals surface area contributed by atoms with Gasteiger partial charge in [-0.25, -0.2) is 0 Å². The number of carbonyl (C=O) groups excluding carboxylic acids is 1. The van der Waals surface area contributed by atoms with Crippen molar-refractivity contribution >= 4 is 23.3 Å². The first-order valence-electron chi connectivity index (χ1n) is 7.98. The highest BCUT2D eigenvalue weighted by Gasteiger charge is 2.30. The number of nitrogens with one attached hydrogen (secondary N) is 1. The number of nitrogens with zero attached hydrogens (tertiary/aromatic N) is 3. The van der Waals surface area contributed by atoms with E-state index >= 15 is 0 Å². The number of rotatable bonds is 6. The molecule has 1 aromatic carbocycles. The maximum Gasteiger partial charge on any atom is 0.321 e. The summed E-state index contributed by atoms with van der Waals surface area (Å²) in [6, 6.07) is 3.53. The van der Waals surface area contributed by atoms with Crippen LogP contribution in [0.25, 0.3) is 0 Å². The third-order valence-electron chi connectivity index (χ3n) is 4.27. The van der Waals surface area contributed by atoms with Crippen molar-refractivity contribution in [2.24, 2.45) is 0 Å². The lowest BCUT2D eigenvalue weighted by atomic mass is 10.1. The van der Waals surface area contributed by atoms with Crippen LogP contribution in [0.15, 0.2) is 18.2 Å². The van der Waals surface area contributed by atoms with E-state index in [4.69, 9.17) is 0 Å². The maximum atomic E-state index is 12.3. The van der Waals surface area contributed by atoms with Crippen LogP contribution in [0, 0.1) is 17.0 Å². The van der Waals surface area contributed by atoms with Crippen LogP contribution in [0.4, 0.5) is 11.4 Å². The Balaban J connectivity index is 2.07. The molecule has 1 aliphatic rings. The van der Waals surface area contributed by atoms with Gasteiger partial charge in [0, 0.05) is 32.2 Å². The van der Waals surface area contributed by atoms with E-state index in [9.17, 15) is 24.8 Å². The number of nitro groups is 1. The molecule has 0 aliphatic carbocycles. The minimum atomic E-state index is -1.07. The average Bonchev–Trinajstić information content (AvgIpc) is 2.55. The van der Waals surface area contributed by atoms with Crippen LogP contribution in [0.3, 0.4) is 0 Å². The summed E-state index contributed by atoms with van der Waals surface area (Å²) in [7, 11) is 1.95. The molecule has 1 aliphatic heterocycles. The lowest BCUT2D eigenvalue weighted by Gasteiger charge is -2.35. The largest absolute Gasteiger partial charge is 0.480 e. The van der Waals surface area contributed by atoms with Gasteiger partial charge in [-0.1, -0.05) is 6.07 Å². The summed E-state index contributed by atoms with van der Waals surface area (Å²) < 4.78 is 0. The molecule has 1 heterocycles. The van der Waals surface area contributed by atoms with Crippen LogP contribution in [-0.4, -0.2) is 71.0 Å². The molecule has 2 N–H and O–H groups in total. The number of hydrogen-bond acceptors (Lipinski definition) is 6. The molecule has 1 unspecified atom stereocenters. The van der Waals surface area contributed by atoms with E-state index in [1.54, 1.807) is 17.9 Å². The van der Waals surface area contributed by atoms with Crippen molar-refractivity contribution in [1.82, 2.24) is 9.80 Å². The highest BCUT2D eigenvalue weighted by atomic mass is 16.6. The summed E-state index contributed by atoms with van der Waals surface area (Å²) in [5.41, 5.74) is 0.563. The quantitative estimate of drug-likeness (QED) is 0.579. The van der Waals surface area contributed by atoms with Crippen LogP contribution in [0.2, 0.25) is 0 Å². The second kappa shape index (κ2) is 8.04. The number of carboxylic acids is 1. The fraction of sp³-hybridized carbons (Fsp3) is 0.500. The Morgan fingerprint density at radius 2 is 1.96 bits per heavy atom. The van der Waals surface area contributed by atoms with Crippen molar-refractivity contribution in [2.45, 2.75) is 19.4 Å². The number of hydrogen-bond donors (Lipinski definition) is 2. The third kappa shape index (κ3) is 4.97. The van der Waals surface area contributed by atoms with E-state index < -0.39 is 22.8 Å². The fourth-order valence-electron chi connectivity index (χ4n) is 2.78. The zero-order valence-electron chi connectivity index (χ0n) is 14.3. The summed E-state index contributed by atoms with van der Waals surface area (Å²) >= 11 is 0. The van der Waals surface area contributed by atoms with Gasteiger partial charge in [0.05, 0.1) is 11.3 Å². The van der Waals surface area contributed by atoms with Crippen molar-refractivity contribution in [2.75, 3.05) is 38.5 Å². The molecule has 1 fully saturated rings. The van der Waals surface area contributed by atoms with Crippen LogP contribution in [-0.2, 0) is 9.59 Å². The van der Waals surface area contributed by atoms with Crippen molar-refractivity contribution in [3.05, 3.63) is 33.9 Å². The Morgan fingerprint density at radius 3 is 2.52 bits per heavy atom. The molecule has 1 saturated heterocycles. The lowest BCUT2D eigenvalue weighted by molar-refractivity contribution is -0.384. The van der Waals surface area contributed by atoms with Gasteiger partial charge in [-0.3, -0.25) is 24.6 Å². The number of likely N-dealkylation sites (N-methyl/N-ethyl adjacent to an activating group) is 1. The number of amides is 1. The molecule has 9 nitrogen and oxygen atoms in total. The van der Waals surface area contributed by atoms with Crippen LogP contribution in [0.1, 0.15) is 12.0 Å². The summed E-state index contributed by atoms with van der Waals surface area (Å²) in [5, 5.41) is 23.0. The first kappa shape index (κ1) is 18.8. The molecular formula is C16H22N4O5. The molecule has 136 valence electrons. The van der Waals surface area contributed by atoms with Crippen molar-refractivity contribution in [1.29, 1.82) is 0 Å². The van der Waals surface area contributed by atoms with E-state index in [-0.39, 0.29) is 17.8 Å². The predicted octanol–water partition coefficient (Wildman–Crippen LogP) is 0.932. The van der Waals surface area contributed by atoms with E-state index in [1.165, 1.54) is 12.1 Å². The summed E-state index contributed by atoms with van der Waals surface area (Å²) in [5.74, 6) is -1.63. The zero-order valence-corrected chi connectivity index (χ0v) is 14.3. The Morgan fingerprint density at radius 1 is 1.32 bits per heavy atom. The first-order chi connectivity index (χ1) is 11.8. The summed E-state index contributed by atoms with van der Waals surface area (Å²) in [6.07, 6.45) is -0.260. The van der Waals surface area contributed by atoms with Gasteiger partial charge in [0.2, 0.25) is 5.91 Å². The number of benzene rings is 1. The molecule has 1 aromatic rings. The van der Waals surface area contributed by atoms with Crippen LogP contribution < -0.4 is 5.32 Å². The maximum absolute atomic E-state index is 12.3. The van der Waals surface area contributed by atoms with Gasteiger partial charge < -0.3 is 15.3 Å². The van der Waals surface area contributed by atoms with Crippen molar-refractivity contribution in [3.63, 3.8) is 0 Å². The minimum absolute atomic E-state index is 0.0723. The van der Waals surface area contributed by atoms with E-state index in [2.05, 4.69) is 10.2 Å². The predicted molar refractivity (Wildman–Crippen MR) is 91.6 cm³/mol. The third-order valence-corrected chi connectivity index (χ3v) is 4.27. The van der Waals surface area contributed by atoms with Gasteiger partial charge in [-0.05, 0) is 25.6 Å². The second-order valence-corrected chi connectivity index (χ2v) is 6.22. The lowest BCUT2D eigenvalue weighted by Crippen LogP contribution is -2.52. The molecule has 2 rings (SSSR count). The number of nitro benzene ring substituents is 1. The molecule has 0 radical (unpaired) electrons. The minimum Gasteiger partial charge on any atom is -0.480 e. The monoisotopic (exact) mass is 350 g/mol. The van der Waals surface area contributed by atoms with Gasteiger partial charge in [-0.15, -0.1) is 0 Å². The standard InChI is InChI=1S/C16H22N4O5/c1-11-3-4-12(13(9-11)20(24)25)17-15(21)10-14(16(22)23)19-7-5-18(2)6-8-19/h3-4,9,14H,5-8,10H2,1-2H3,(H,17,21)(H,22,23). The summed E-state index contributed by atoms with van der Waals surface area (Å²) in [4.78, 5) is 38.2. The molecule has 1 amide bonds. The number of aliphatic carboxylic acids is 1. The number of piperazine rings is 1. The number of anilines is 1. The van der Waals surface area contributed by atoms with E-state index in [1.807, 2.05) is 7.05 Å². The number of carboxylic acid groups (broad SMARTS) is 1. The van der Waals surface area contributed by atoms with Crippen LogP contribution in [0.5, 0.6) is 0 Å². The van der Waals surface area contributed by atoms with Gasteiger partial charge in [0.1, 0.15) is 11.7 Å². The fourth-order valence-corrected chi connectivity index (χ4v) is 2.78. The van der Waals surface area contributed by atoms with Crippen molar-refractivity contribution < 1.29 is 19.6 Å². The Kier molecular flexibility index (Phi) is 6.05. The van der Waals surface area contributed by atoms with Gasteiger partial charge >= 0.3 is 5.97 Å². The second-order valence-electron chi connectivity index (χ2n) is 6.22. The smallest absolute Gasteiger partial charge is 0.321 e. The topological polar surface area (TPSA) is 116 Å². The molecular weight excluding hydrogens is 328 g/mol. The number of aryl methyl sites for hydroxylation is 1. The average molecular weight is 350 g/mol. The van der Waals surface area contributed by atoms with E-state index in [0.29, 0.717) is 18.7 Å².